The van der Waals surface area contributed by atoms with Gasteiger partial charge in [0.15, 0.2) is 0 Å². The Morgan fingerprint density at radius 3 is 1.41 bits per heavy atom. The van der Waals surface area contributed by atoms with Gasteiger partial charge in [-0.2, -0.15) is 0 Å². The molecule has 0 saturated heterocycles. The maximum absolute atomic E-state index is 12.4. The van der Waals surface area contributed by atoms with E-state index in [1.54, 1.807) is 6.07 Å². The number of benzene rings is 3. The molecule has 312 valence electrons. The quantitative estimate of drug-likeness (QED) is 0.0607. The van der Waals surface area contributed by atoms with Crippen LogP contribution in [0.3, 0.4) is 0 Å². The summed E-state index contributed by atoms with van der Waals surface area (Å²) in [6.45, 7) is 7.52. The van der Waals surface area contributed by atoms with Gasteiger partial charge in [-0.3, -0.25) is 0 Å². The SMILES string of the molecule is CCCCCCCCCCCCCCCCCCCCOC(C)c1ccc(-c2ccc(C(=O)O)c(-c3ccccc3CCCCCCCCCCCC)c2)cc1. The molecule has 0 aliphatic heterocycles. The van der Waals surface area contributed by atoms with E-state index in [1.807, 2.05) is 12.1 Å². The molecule has 0 aromatic heterocycles. The minimum absolute atomic E-state index is 0.0532. The van der Waals surface area contributed by atoms with Crippen molar-refractivity contribution in [2.24, 2.45) is 0 Å². The zero-order valence-electron chi connectivity index (χ0n) is 36.4. The summed E-state index contributed by atoms with van der Waals surface area (Å²) < 4.78 is 6.25. The molecule has 0 aliphatic rings. The number of carbonyl (C=O) groups is 1. The van der Waals surface area contributed by atoms with Crippen LogP contribution in [0.15, 0.2) is 66.7 Å². The third-order valence-corrected chi connectivity index (χ3v) is 11.9. The average molecular weight is 767 g/mol. The summed E-state index contributed by atoms with van der Waals surface area (Å²) in [5.74, 6) is -0.878. The first-order valence-corrected chi connectivity index (χ1v) is 23.7. The number of hydrogen-bond acceptors (Lipinski definition) is 2. The van der Waals surface area contributed by atoms with Gasteiger partial charge in [-0.25, -0.2) is 4.79 Å². The standard InChI is InChI=1S/C53H82O3/c1-4-6-8-10-12-14-16-17-18-19-20-21-22-23-25-27-29-33-43-56-45(3)46-37-39-47(40-38-46)49-41-42-51(53(54)55)52(44-49)50-36-32-31-35-48(50)34-30-28-26-24-15-13-11-9-7-5-2/h31-32,35-42,44-45H,4-30,33-34,43H2,1-3H3,(H,54,55). The van der Waals surface area contributed by atoms with Crippen molar-refractivity contribution < 1.29 is 14.6 Å². The molecule has 1 N–H and O–H groups in total. The first kappa shape index (κ1) is 47.5. The number of carboxylic acids is 1. The van der Waals surface area contributed by atoms with Crippen molar-refractivity contribution in [3.05, 3.63) is 83.4 Å². The average Bonchev–Trinajstić information content (AvgIpc) is 3.22. The van der Waals surface area contributed by atoms with Crippen LogP contribution in [0.5, 0.6) is 0 Å². The Labute approximate surface area is 344 Å². The molecule has 0 radical (unpaired) electrons. The first-order chi connectivity index (χ1) is 27.5. The van der Waals surface area contributed by atoms with E-state index in [1.165, 1.54) is 178 Å². The van der Waals surface area contributed by atoms with Crippen LogP contribution in [0.1, 0.15) is 228 Å². The highest BCUT2D eigenvalue weighted by Gasteiger charge is 2.16. The maximum Gasteiger partial charge on any atom is 0.336 e. The number of unbranched alkanes of at least 4 members (excludes halogenated alkanes) is 26. The predicted octanol–water partition coefficient (Wildman–Crippen LogP) is 17.3. The summed E-state index contributed by atoms with van der Waals surface area (Å²) in [5.41, 5.74) is 6.77. The molecule has 0 saturated carbocycles. The van der Waals surface area contributed by atoms with E-state index < -0.39 is 5.97 Å². The summed E-state index contributed by atoms with van der Waals surface area (Å²) in [6.07, 6.45) is 39.1. The molecular formula is C53H82O3. The summed E-state index contributed by atoms with van der Waals surface area (Å²) in [5, 5.41) is 10.2. The van der Waals surface area contributed by atoms with E-state index in [9.17, 15) is 9.90 Å². The maximum atomic E-state index is 12.4. The van der Waals surface area contributed by atoms with Crippen LogP contribution >= 0.6 is 0 Å². The minimum atomic E-state index is -0.878. The lowest BCUT2D eigenvalue weighted by Crippen LogP contribution is -2.02. The van der Waals surface area contributed by atoms with E-state index in [0.717, 1.165) is 48.1 Å². The van der Waals surface area contributed by atoms with E-state index >= 15 is 0 Å². The molecule has 0 fully saturated rings. The molecule has 3 heteroatoms. The zero-order valence-corrected chi connectivity index (χ0v) is 36.4. The lowest BCUT2D eigenvalue weighted by Gasteiger charge is -2.16. The number of rotatable bonds is 35. The van der Waals surface area contributed by atoms with Crippen LogP contribution in [-0.2, 0) is 11.2 Å². The first-order valence-electron chi connectivity index (χ1n) is 23.7. The van der Waals surface area contributed by atoms with Crippen molar-refractivity contribution >= 4 is 5.97 Å². The summed E-state index contributed by atoms with van der Waals surface area (Å²) in [6, 6.07) is 22.8. The normalized spacial score (nSPS) is 12.0. The predicted molar refractivity (Wildman–Crippen MR) is 243 cm³/mol. The van der Waals surface area contributed by atoms with Gasteiger partial charge in [-0.05, 0) is 71.7 Å². The van der Waals surface area contributed by atoms with Gasteiger partial charge < -0.3 is 9.84 Å². The highest BCUT2D eigenvalue weighted by Crippen LogP contribution is 2.33. The van der Waals surface area contributed by atoms with Gasteiger partial charge in [-0.15, -0.1) is 0 Å². The van der Waals surface area contributed by atoms with Gasteiger partial charge >= 0.3 is 5.97 Å². The van der Waals surface area contributed by atoms with Crippen LogP contribution in [0.25, 0.3) is 22.3 Å². The Kier molecular flexibility index (Phi) is 26.4. The van der Waals surface area contributed by atoms with Gasteiger partial charge in [0.2, 0.25) is 0 Å². The molecular weight excluding hydrogens is 685 g/mol. The molecule has 1 unspecified atom stereocenters. The van der Waals surface area contributed by atoms with Gasteiger partial charge in [0.05, 0.1) is 11.7 Å². The van der Waals surface area contributed by atoms with Gasteiger partial charge in [0.25, 0.3) is 0 Å². The van der Waals surface area contributed by atoms with E-state index in [-0.39, 0.29) is 6.10 Å². The fraction of sp³-hybridized carbons (Fsp3) is 0.642. The van der Waals surface area contributed by atoms with Crippen molar-refractivity contribution in [1.29, 1.82) is 0 Å². The third-order valence-electron chi connectivity index (χ3n) is 11.9. The third kappa shape index (κ3) is 20.0. The van der Waals surface area contributed by atoms with E-state index in [4.69, 9.17) is 4.74 Å². The van der Waals surface area contributed by atoms with Crippen molar-refractivity contribution in [2.45, 2.75) is 213 Å². The number of carboxylic acid groups (broad SMARTS) is 1. The van der Waals surface area contributed by atoms with Crippen molar-refractivity contribution in [1.82, 2.24) is 0 Å². The monoisotopic (exact) mass is 767 g/mol. The van der Waals surface area contributed by atoms with Crippen LogP contribution in [0, 0.1) is 0 Å². The molecule has 3 nitrogen and oxygen atoms in total. The van der Waals surface area contributed by atoms with Crippen molar-refractivity contribution in [2.75, 3.05) is 6.61 Å². The molecule has 56 heavy (non-hydrogen) atoms. The van der Waals surface area contributed by atoms with Crippen LogP contribution < -0.4 is 0 Å². The molecule has 0 spiro atoms. The molecule has 3 rings (SSSR count). The molecule has 3 aromatic carbocycles. The molecule has 0 amide bonds. The minimum Gasteiger partial charge on any atom is -0.478 e. The van der Waals surface area contributed by atoms with Gasteiger partial charge in [-0.1, -0.05) is 235 Å². The smallest absolute Gasteiger partial charge is 0.336 e. The molecule has 1 atom stereocenters. The lowest BCUT2D eigenvalue weighted by atomic mass is 9.90. The lowest BCUT2D eigenvalue weighted by molar-refractivity contribution is 0.0627. The molecule has 0 heterocycles. The summed E-state index contributed by atoms with van der Waals surface area (Å²) in [4.78, 5) is 12.4. The fourth-order valence-electron chi connectivity index (χ4n) is 8.24. The summed E-state index contributed by atoms with van der Waals surface area (Å²) >= 11 is 0. The highest BCUT2D eigenvalue weighted by molar-refractivity contribution is 5.97. The Hall–Kier alpha value is -2.91. The van der Waals surface area contributed by atoms with Crippen molar-refractivity contribution in [3.63, 3.8) is 0 Å². The van der Waals surface area contributed by atoms with E-state index in [2.05, 4.69) is 69.3 Å². The Bertz CT molecular complexity index is 1410. The number of aryl methyl sites for hydroxylation is 1. The van der Waals surface area contributed by atoms with Crippen molar-refractivity contribution in [3.8, 4) is 22.3 Å². The summed E-state index contributed by atoms with van der Waals surface area (Å²) in [7, 11) is 0. The van der Waals surface area contributed by atoms with E-state index in [0.29, 0.717) is 5.56 Å². The number of ether oxygens (including phenoxy) is 1. The molecule has 0 aliphatic carbocycles. The number of aromatic carboxylic acids is 1. The Morgan fingerprint density at radius 1 is 0.500 bits per heavy atom. The fourth-order valence-corrected chi connectivity index (χ4v) is 8.24. The largest absolute Gasteiger partial charge is 0.478 e. The number of hydrogen-bond donors (Lipinski definition) is 1. The zero-order chi connectivity index (χ0) is 39.9. The van der Waals surface area contributed by atoms with Crippen LogP contribution in [0.2, 0.25) is 0 Å². The highest BCUT2D eigenvalue weighted by atomic mass is 16.5. The van der Waals surface area contributed by atoms with Crippen LogP contribution in [0.4, 0.5) is 0 Å². The molecule has 3 aromatic rings. The Morgan fingerprint density at radius 2 is 0.929 bits per heavy atom. The van der Waals surface area contributed by atoms with Crippen LogP contribution in [-0.4, -0.2) is 17.7 Å². The topological polar surface area (TPSA) is 46.5 Å². The van der Waals surface area contributed by atoms with Gasteiger partial charge in [0.1, 0.15) is 0 Å². The second kappa shape index (κ2) is 31.1. The second-order valence-electron chi connectivity index (χ2n) is 16.8. The molecule has 0 bridgehead atoms. The second-order valence-corrected chi connectivity index (χ2v) is 16.8. The Balaban J connectivity index is 1.35. The van der Waals surface area contributed by atoms with Gasteiger partial charge in [0, 0.05) is 6.61 Å².